The Balaban J connectivity index is 1.47. The zero-order chi connectivity index (χ0) is 17.2. The van der Waals surface area contributed by atoms with Gasteiger partial charge in [-0.2, -0.15) is 0 Å². The van der Waals surface area contributed by atoms with Gasteiger partial charge in [0.1, 0.15) is 0 Å². The zero-order valence-corrected chi connectivity index (χ0v) is 14.4. The molecule has 1 fully saturated rings. The van der Waals surface area contributed by atoms with Gasteiger partial charge in [-0.05, 0) is 37.8 Å². The maximum absolute atomic E-state index is 11.7. The van der Waals surface area contributed by atoms with Gasteiger partial charge in [0.05, 0.1) is 12.6 Å². The molecule has 0 spiro atoms. The predicted octanol–water partition coefficient (Wildman–Crippen LogP) is 2.28. The Bertz CT molecular complexity index is 760. The van der Waals surface area contributed by atoms with Crippen molar-refractivity contribution in [1.29, 1.82) is 0 Å². The quantitative estimate of drug-likeness (QED) is 0.772. The van der Waals surface area contributed by atoms with Crippen molar-refractivity contribution in [1.82, 2.24) is 10.2 Å². The van der Waals surface area contributed by atoms with Gasteiger partial charge in [-0.1, -0.05) is 28.4 Å². The number of anilines is 2. The molecule has 0 unspecified atom stereocenters. The number of carbonyl (C=O) groups is 1. The number of esters is 1. The van der Waals surface area contributed by atoms with Crippen LogP contribution in [0.3, 0.4) is 0 Å². The average Bonchev–Trinajstić information content (AvgIpc) is 3.35. The van der Waals surface area contributed by atoms with Crippen LogP contribution in [0.15, 0.2) is 28.7 Å². The molecule has 4 rings (SSSR count). The van der Waals surface area contributed by atoms with Crippen LogP contribution in [0.1, 0.15) is 36.0 Å². The minimum absolute atomic E-state index is 0.0750. The van der Waals surface area contributed by atoms with Crippen LogP contribution in [-0.4, -0.2) is 48.4 Å². The van der Waals surface area contributed by atoms with Crippen LogP contribution in [0.2, 0.25) is 0 Å². The third-order valence-corrected chi connectivity index (χ3v) is 4.90. The molecule has 0 bridgehead atoms. The number of nitrogens with zero attached hydrogens (tertiary/aromatic N) is 4. The van der Waals surface area contributed by atoms with Crippen LogP contribution in [0.4, 0.5) is 11.7 Å². The Morgan fingerprint density at radius 2 is 2.20 bits per heavy atom. The summed E-state index contributed by atoms with van der Waals surface area (Å²) in [5, 5.41) is 7.90. The highest BCUT2D eigenvalue weighted by atomic mass is 16.5. The number of hydrogen-bond acceptors (Lipinski definition) is 7. The predicted molar refractivity (Wildman–Crippen MR) is 93.0 cm³/mol. The third-order valence-electron chi connectivity index (χ3n) is 4.90. The Hall–Kier alpha value is -2.57. The summed E-state index contributed by atoms with van der Waals surface area (Å²) in [6, 6.07) is 9.30. The number of aromatic nitrogens is 2. The number of para-hydroxylation sites is 1. The Morgan fingerprint density at radius 3 is 3.08 bits per heavy atom. The second kappa shape index (κ2) is 6.74. The lowest BCUT2D eigenvalue weighted by Gasteiger charge is -2.28. The first-order chi connectivity index (χ1) is 12.3. The van der Waals surface area contributed by atoms with Crippen LogP contribution in [-0.2, 0) is 11.2 Å². The molecule has 0 N–H and O–H groups in total. The third kappa shape index (κ3) is 3.06. The van der Waals surface area contributed by atoms with Crippen LogP contribution in [0.5, 0.6) is 0 Å². The molecular formula is C18H22N4O3. The monoisotopic (exact) mass is 342 g/mol. The first-order valence-electron chi connectivity index (χ1n) is 8.86. The molecule has 3 heterocycles. The first-order valence-corrected chi connectivity index (χ1v) is 8.86. The van der Waals surface area contributed by atoms with Gasteiger partial charge >= 0.3 is 17.9 Å². The molecule has 7 heteroatoms. The fraction of sp³-hybridized carbons (Fsp3) is 0.500. The van der Waals surface area contributed by atoms with E-state index in [0.29, 0.717) is 12.1 Å². The molecule has 7 nitrogen and oxygen atoms in total. The Morgan fingerprint density at radius 1 is 1.32 bits per heavy atom. The van der Waals surface area contributed by atoms with E-state index >= 15 is 0 Å². The van der Waals surface area contributed by atoms with E-state index in [4.69, 9.17) is 9.15 Å². The van der Waals surface area contributed by atoms with Crippen LogP contribution < -0.4 is 9.80 Å². The molecule has 1 atom stereocenters. The lowest BCUT2D eigenvalue weighted by molar-refractivity contribution is 0.0481. The highest BCUT2D eigenvalue weighted by Gasteiger charge is 2.32. The van der Waals surface area contributed by atoms with Crippen molar-refractivity contribution in [3.63, 3.8) is 0 Å². The van der Waals surface area contributed by atoms with Crippen molar-refractivity contribution < 1.29 is 13.9 Å². The van der Waals surface area contributed by atoms with E-state index < -0.39 is 5.97 Å². The van der Waals surface area contributed by atoms with Gasteiger partial charge in [-0.25, -0.2) is 4.79 Å². The fourth-order valence-corrected chi connectivity index (χ4v) is 3.73. The van der Waals surface area contributed by atoms with Crippen LogP contribution in [0, 0.1) is 0 Å². The SMILES string of the molecule is CCOC(=O)c1nnc(N2CCC[C@H]2CN2CCc3ccccc32)o1. The standard InChI is InChI=1S/C18H22N4O3/c1-2-24-17(23)16-19-20-18(25-16)22-10-5-7-14(22)12-21-11-9-13-6-3-4-8-15(13)21/h3-4,6,8,14H,2,5,7,9-12H2,1H3/t14-/m0/s1. The van der Waals surface area contributed by atoms with E-state index in [0.717, 1.165) is 38.9 Å². The van der Waals surface area contributed by atoms with E-state index in [2.05, 4.69) is 44.3 Å². The molecule has 1 aromatic carbocycles. The van der Waals surface area contributed by atoms with E-state index in [1.54, 1.807) is 6.92 Å². The maximum Gasteiger partial charge on any atom is 0.396 e. The minimum atomic E-state index is -0.564. The van der Waals surface area contributed by atoms with E-state index in [9.17, 15) is 4.79 Å². The number of hydrogen-bond donors (Lipinski definition) is 0. The van der Waals surface area contributed by atoms with Gasteiger partial charge in [0.15, 0.2) is 0 Å². The second-order valence-corrected chi connectivity index (χ2v) is 6.42. The van der Waals surface area contributed by atoms with Gasteiger partial charge in [0, 0.05) is 25.3 Å². The summed E-state index contributed by atoms with van der Waals surface area (Å²) in [6.45, 7) is 4.87. The molecule has 2 aromatic rings. The van der Waals surface area contributed by atoms with Crippen molar-refractivity contribution in [2.24, 2.45) is 0 Å². The normalized spacial score (nSPS) is 19.3. The molecular weight excluding hydrogens is 320 g/mol. The van der Waals surface area contributed by atoms with Gasteiger partial charge in [0.2, 0.25) is 0 Å². The zero-order valence-electron chi connectivity index (χ0n) is 14.4. The topological polar surface area (TPSA) is 71.7 Å². The molecule has 25 heavy (non-hydrogen) atoms. The molecule has 2 aliphatic heterocycles. The summed E-state index contributed by atoms with van der Waals surface area (Å²) in [6.07, 6.45) is 3.25. The average molecular weight is 342 g/mol. The van der Waals surface area contributed by atoms with Crippen LogP contribution in [0.25, 0.3) is 0 Å². The summed E-state index contributed by atoms with van der Waals surface area (Å²) in [7, 11) is 0. The smallest absolute Gasteiger partial charge is 0.396 e. The highest BCUT2D eigenvalue weighted by Crippen LogP contribution is 2.31. The number of carbonyl (C=O) groups excluding carboxylic acids is 1. The summed E-state index contributed by atoms with van der Waals surface area (Å²) in [5.74, 6) is -0.639. The van der Waals surface area contributed by atoms with Crippen molar-refractivity contribution >= 4 is 17.7 Å². The number of ether oxygens (including phenoxy) is 1. The molecule has 2 aliphatic rings. The highest BCUT2D eigenvalue weighted by molar-refractivity contribution is 5.84. The van der Waals surface area contributed by atoms with Crippen molar-refractivity contribution in [2.45, 2.75) is 32.2 Å². The molecule has 0 aliphatic carbocycles. The van der Waals surface area contributed by atoms with E-state index in [-0.39, 0.29) is 12.5 Å². The van der Waals surface area contributed by atoms with E-state index in [1.165, 1.54) is 11.3 Å². The summed E-state index contributed by atoms with van der Waals surface area (Å²) in [5.41, 5.74) is 2.74. The number of benzene rings is 1. The molecule has 0 amide bonds. The second-order valence-electron chi connectivity index (χ2n) is 6.42. The maximum atomic E-state index is 11.7. The minimum Gasteiger partial charge on any atom is -0.459 e. The van der Waals surface area contributed by atoms with Crippen molar-refractivity contribution in [3.8, 4) is 0 Å². The molecule has 0 radical (unpaired) electrons. The van der Waals surface area contributed by atoms with Gasteiger partial charge in [0.25, 0.3) is 0 Å². The lowest BCUT2D eigenvalue weighted by atomic mass is 10.1. The Labute approximate surface area is 146 Å². The lowest BCUT2D eigenvalue weighted by Crippen LogP contribution is -2.40. The van der Waals surface area contributed by atoms with Crippen molar-refractivity contribution in [2.75, 3.05) is 36.0 Å². The van der Waals surface area contributed by atoms with Crippen LogP contribution >= 0.6 is 0 Å². The number of fused-ring (bicyclic) bond motifs is 1. The van der Waals surface area contributed by atoms with Gasteiger partial charge in [-0.15, -0.1) is 0 Å². The number of rotatable bonds is 5. The summed E-state index contributed by atoms with van der Waals surface area (Å²) < 4.78 is 10.5. The van der Waals surface area contributed by atoms with Gasteiger partial charge < -0.3 is 19.0 Å². The summed E-state index contributed by atoms with van der Waals surface area (Å²) >= 11 is 0. The summed E-state index contributed by atoms with van der Waals surface area (Å²) in [4.78, 5) is 16.3. The van der Waals surface area contributed by atoms with Crippen molar-refractivity contribution in [3.05, 3.63) is 35.7 Å². The van der Waals surface area contributed by atoms with E-state index in [1.807, 2.05) is 0 Å². The fourth-order valence-electron chi connectivity index (χ4n) is 3.73. The molecule has 132 valence electrons. The Kier molecular flexibility index (Phi) is 4.29. The molecule has 1 saturated heterocycles. The van der Waals surface area contributed by atoms with Gasteiger partial charge in [-0.3, -0.25) is 0 Å². The molecule has 1 aromatic heterocycles. The largest absolute Gasteiger partial charge is 0.459 e. The molecule has 0 saturated carbocycles. The first kappa shape index (κ1) is 15.9.